The van der Waals surface area contributed by atoms with E-state index >= 15 is 0 Å². The Balaban J connectivity index is 0.00000306. The van der Waals surface area contributed by atoms with Crippen LogP contribution in [0, 0.1) is 23.3 Å². The number of hydrogen-bond acceptors (Lipinski definition) is 2. The van der Waals surface area contributed by atoms with Crippen molar-refractivity contribution in [2.75, 3.05) is 0 Å². The van der Waals surface area contributed by atoms with Gasteiger partial charge in [0.2, 0.25) is 6.33 Å². The van der Waals surface area contributed by atoms with Crippen molar-refractivity contribution in [3.8, 4) is 0 Å². The van der Waals surface area contributed by atoms with Gasteiger partial charge in [-0.1, -0.05) is 42.5 Å². The maximum absolute atomic E-state index is 14.5. The summed E-state index contributed by atoms with van der Waals surface area (Å²) >= 11 is 0. The smallest absolute Gasteiger partial charge is 0.265 e. The Bertz CT molecular complexity index is 1220. The lowest BCUT2D eigenvalue weighted by molar-refractivity contribution is -0.689. The molecule has 0 N–H and O–H groups in total. The Morgan fingerprint density at radius 2 is 1.52 bits per heavy atom. The van der Waals surface area contributed by atoms with Crippen LogP contribution in [0.1, 0.15) is 22.8 Å². The second-order valence-electron chi connectivity index (χ2n) is 7.29. The molecule has 1 unspecified atom stereocenters. The molecular formula is C24H20ClF4N3O. The topological polar surface area (TPSA) is 30.9 Å². The standard InChI is InChI=1S/C24H20F4N3O.ClH/c25-19-9-10-20(23(28)11-19)24(32-14-18-6-2-4-8-22(18)27)13-31-16-30(15-29-31)12-17-5-1-3-7-21(17)26;/h1-11,15-16,24H,12-14H2;1H/q+1;/p-1. The van der Waals surface area contributed by atoms with Crippen molar-refractivity contribution in [2.24, 2.45) is 0 Å². The number of rotatable bonds is 8. The van der Waals surface area contributed by atoms with Gasteiger partial charge in [0, 0.05) is 27.9 Å². The minimum absolute atomic E-state index is 0. The fourth-order valence-electron chi connectivity index (χ4n) is 3.34. The first kappa shape index (κ1) is 24.4. The van der Waals surface area contributed by atoms with Gasteiger partial charge < -0.3 is 17.1 Å². The van der Waals surface area contributed by atoms with Crippen LogP contribution < -0.4 is 17.0 Å². The Labute approximate surface area is 194 Å². The molecule has 1 aromatic heterocycles. The van der Waals surface area contributed by atoms with Gasteiger partial charge in [0.25, 0.3) is 6.33 Å². The molecule has 0 aliphatic heterocycles. The van der Waals surface area contributed by atoms with Gasteiger partial charge in [-0.25, -0.2) is 22.1 Å². The van der Waals surface area contributed by atoms with E-state index in [4.69, 9.17) is 4.74 Å². The summed E-state index contributed by atoms with van der Waals surface area (Å²) in [5, 5.41) is 4.23. The van der Waals surface area contributed by atoms with E-state index in [1.165, 1.54) is 29.2 Å². The second-order valence-corrected chi connectivity index (χ2v) is 7.29. The molecule has 0 bridgehead atoms. The van der Waals surface area contributed by atoms with Crippen molar-refractivity contribution < 1.29 is 39.3 Å². The van der Waals surface area contributed by atoms with Crippen molar-refractivity contribution >= 4 is 0 Å². The van der Waals surface area contributed by atoms with Gasteiger partial charge in [-0.05, 0) is 18.2 Å². The van der Waals surface area contributed by atoms with Crippen LogP contribution >= 0.6 is 0 Å². The quantitative estimate of drug-likeness (QED) is 0.286. The molecule has 0 radical (unpaired) electrons. The number of ether oxygens (including phenoxy) is 1. The Hall–Kier alpha value is -3.23. The third-order valence-electron chi connectivity index (χ3n) is 5.00. The van der Waals surface area contributed by atoms with Gasteiger partial charge in [0.05, 0.1) is 13.2 Å². The number of hydrogen-bond donors (Lipinski definition) is 0. The number of benzene rings is 3. The van der Waals surface area contributed by atoms with Crippen LogP contribution in [0.2, 0.25) is 0 Å². The van der Waals surface area contributed by atoms with E-state index in [0.29, 0.717) is 11.1 Å². The average Bonchev–Trinajstić information content (AvgIpc) is 3.21. The first-order valence-corrected chi connectivity index (χ1v) is 9.94. The zero-order valence-electron chi connectivity index (χ0n) is 17.3. The lowest BCUT2D eigenvalue weighted by Crippen LogP contribution is -3.00. The fourth-order valence-corrected chi connectivity index (χ4v) is 3.34. The molecule has 0 aliphatic rings. The Morgan fingerprint density at radius 1 is 0.848 bits per heavy atom. The fraction of sp³-hybridized carbons (Fsp3) is 0.167. The summed E-state index contributed by atoms with van der Waals surface area (Å²) in [6.07, 6.45) is 2.28. The molecule has 0 fully saturated rings. The molecule has 0 saturated heterocycles. The first-order valence-electron chi connectivity index (χ1n) is 9.94. The van der Waals surface area contributed by atoms with Crippen LogP contribution in [-0.2, 0) is 24.4 Å². The van der Waals surface area contributed by atoms with E-state index in [2.05, 4.69) is 5.10 Å². The van der Waals surface area contributed by atoms with Crippen LogP contribution in [0.5, 0.6) is 0 Å². The highest BCUT2D eigenvalue weighted by atomic mass is 35.5. The molecule has 3 aromatic carbocycles. The van der Waals surface area contributed by atoms with Crippen LogP contribution in [0.3, 0.4) is 0 Å². The highest BCUT2D eigenvalue weighted by Crippen LogP contribution is 2.25. The van der Waals surface area contributed by atoms with Crippen molar-refractivity contribution in [2.45, 2.75) is 25.8 Å². The van der Waals surface area contributed by atoms with E-state index in [1.807, 2.05) is 0 Å². The predicted octanol–water partition coefficient (Wildman–Crippen LogP) is 1.74. The maximum Gasteiger partial charge on any atom is 0.265 e. The van der Waals surface area contributed by atoms with Gasteiger partial charge in [-0.3, -0.25) is 0 Å². The van der Waals surface area contributed by atoms with Crippen LogP contribution in [0.15, 0.2) is 79.4 Å². The zero-order chi connectivity index (χ0) is 22.5. The summed E-state index contributed by atoms with van der Waals surface area (Å²) in [5.41, 5.74) is 0.933. The van der Waals surface area contributed by atoms with Gasteiger partial charge in [-0.15, -0.1) is 4.68 Å². The molecule has 0 saturated carbocycles. The summed E-state index contributed by atoms with van der Waals surface area (Å²) < 4.78 is 64.8. The molecular weight excluding hydrogens is 458 g/mol. The molecule has 0 aliphatic carbocycles. The third kappa shape index (κ3) is 6.18. The molecule has 4 nitrogen and oxygen atoms in total. The van der Waals surface area contributed by atoms with Gasteiger partial charge >= 0.3 is 0 Å². The largest absolute Gasteiger partial charge is 1.00 e. The number of nitrogens with zero attached hydrogens (tertiary/aromatic N) is 3. The van der Waals surface area contributed by atoms with Crippen LogP contribution in [0.4, 0.5) is 17.6 Å². The van der Waals surface area contributed by atoms with Crippen molar-refractivity contribution in [1.82, 2.24) is 9.78 Å². The highest BCUT2D eigenvalue weighted by Gasteiger charge is 2.22. The molecule has 33 heavy (non-hydrogen) atoms. The molecule has 4 aromatic rings. The number of aromatic nitrogens is 3. The van der Waals surface area contributed by atoms with Crippen molar-refractivity contribution in [3.63, 3.8) is 0 Å². The second kappa shape index (κ2) is 11.1. The lowest BCUT2D eigenvalue weighted by atomic mass is 10.1. The number of halogens is 5. The minimum atomic E-state index is -0.864. The lowest BCUT2D eigenvalue weighted by Gasteiger charge is -2.17. The highest BCUT2D eigenvalue weighted by molar-refractivity contribution is 5.22. The molecule has 0 amide bonds. The summed E-state index contributed by atoms with van der Waals surface area (Å²) in [6, 6.07) is 15.7. The Morgan fingerprint density at radius 3 is 2.18 bits per heavy atom. The molecule has 1 heterocycles. The maximum atomic E-state index is 14.5. The summed E-state index contributed by atoms with van der Waals surface area (Å²) in [7, 11) is 0. The average molecular weight is 478 g/mol. The van der Waals surface area contributed by atoms with E-state index in [0.717, 1.165) is 12.1 Å². The van der Waals surface area contributed by atoms with Gasteiger partial charge in [0.15, 0.2) is 0 Å². The first-order chi connectivity index (χ1) is 15.5. The van der Waals surface area contributed by atoms with Crippen molar-refractivity contribution in [3.05, 3.63) is 119 Å². The summed E-state index contributed by atoms with van der Waals surface area (Å²) in [5.74, 6) is -2.24. The van der Waals surface area contributed by atoms with Gasteiger partial charge in [0.1, 0.15) is 35.9 Å². The van der Waals surface area contributed by atoms with Gasteiger partial charge in [-0.2, -0.15) is 0 Å². The molecule has 172 valence electrons. The molecule has 9 heteroatoms. The third-order valence-corrected chi connectivity index (χ3v) is 5.00. The van der Waals surface area contributed by atoms with Crippen molar-refractivity contribution in [1.29, 1.82) is 0 Å². The SMILES string of the molecule is Fc1ccc(C(Cn2c[n+](Cc3ccccc3F)cn2)OCc2ccccc2F)c(F)c1.[Cl-]. The van der Waals surface area contributed by atoms with Crippen LogP contribution in [-0.4, -0.2) is 9.78 Å². The zero-order valence-corrected chi connectivity index (χ0v) is 18.1. The monoisotopic (exact) mass is 477 g/mol. The minimum Gasteiger partial charge on any atom is -1.00 e. The van der Waals surface area contributed by atoms with E-state index in [-0.39, 0.29) is 43.5 Å². The van der Waals surface area contributed by atoms with E-state index in [1.54, 1.807) is 47.3 Å². The molecule has 4 rings (SSSR count). The Kier molecular flexibility index (Phi) is 8.19. The van der Waals surface area contributed by atoms with E-state index < -0.39 is 23.6 Å². The summed E-state index contributed by atoms with van der Waals surface area (Å²) in [4.78, 5) is 0. The summed E-state index contributed by atoms with van der Waals surface area (Å²) in [6.45, 7) is 0.240. The predicted molar refractivity (Wildman–Crippen MR) is 108 cm³/mol. The molecule has 0 spiro atoms. The normalized spacial score (nSPS) is 11.8. The van der Waals surface area contributed by atoms with Crippen LogP contribution in [0.25, 0.3) is 0 Å². The molecule has 1 atom stereocenters. The van der Waals surface area contributed by atoms with E-state index in [9.17, 15) is 17.6 Å².